The molecule has 0 heterocycles. The summed E-state index contributed by atoms with van der Waals surface area (Å²) in [5.41, 5.74) is 8.09. The summed E-state index contributed by atoms with van der Waals surface area (Å²) in [6, 6.07) is 7.21. The van der Waals surface area contributed by atoms with E-state index in [2.05, 4.69) is 38.5 Å². The van der Waals surface area contributed by atoms with Crippen LogP contribution in [0.25, 0.3) is 0 Å². The number of hydrogen-bond donors (Lipinski definition) is 1. The molecule has 100 valence electrons. The van der Waals surface area contributed by atoms with Gasteiger partial charge >= 0.3 is 0 Å². The SMILES string of the molecule is Cc1cccc(C(N)c2cc(F)c(Br)cc2F)c1I. The molecule has 2 rings (SSSR count). The molecule has 0 radical (unpaired) electrons. The van der Waals surface area contributed by atoms with Crippen LogP contribution in [0.1, 0.15) is 22.7 Å². The molecule has 0 saturated carbocycles. The van der Waals surface area contributed by atoms with Gasteiger partial charge in [-0.05, 0) is 68.7 Å². The molecule has 0 amide bonds. The van der Waals surface area contributed by atoms with Gasteiger partial charge in [-0.3, -0.25) is 0 Å². The minimum Gasteiger partial charge on any atom is -0.320 e. The van der Waals surface area contributed by atoms with E-state index in [0.29, 0.717) is 0 Å². The van der Waals surface area contributed by atoms with Crippen LogP contribution in [0.5, 0.6) is 0 Å². The fraction of sp³-hybridized carbons (Fsp3) is 0.143. The first-order valence-electron chi connectivity index (χ1n) is 5.57. The highest BCUT2D eigenvalue weighted by molar-refractivity contribution is 14.1. The van der Waals surface area contributed by atoms with Crippen molar-refractivity contribution in [2.45, 2.75) is 13.0 Å². The molecule has 0 saturated heterocycles. The molecule has 2 N–H and O–H groups in total. The molecule has 5 heteroatoms. The van der Waals surface area contributed by atoms with Gasteiger partial charge in [0.25, 0.3) is 0 Å². The van der Waals surface area contributed by atoms with Crippen molar-refractivity contribution in [2.75, 3.05) is 0 Å². The molecule has 1 unspecified atom stereocenters. The zero-order valence-corrected chi connectivity index (χ0v) is 13.8. The van der Waals surface area contributed by atoms with Gasteiger partial charge in [0.1, 0.15) is 11.6 Å². The quantitative estimate of drug-likeness (QED) is 0.535. The van der Waals surface area contributed by atoms with Crippen LogP contribution >= 0.6 is 38.5 Å². The van der Waals surface area contributed by atoms with Crippen molar-refractivity contribution < 1.29 is 8.78 Å². The summed E-state index contributed by atoms with van der Waals surface area (Å²) in [4.78, 5) is 0. The van der Waals surface area contributed by atoms with Crippen molar-refractivity contribution in [1.82, 2.24) is 0 Å². The Morgan fingerprint density at radius 3 is 2.53 bits per heavy atom. The Kier molecular flexibility index (Phi) is 4.58. The molecule has 0 spiro atoms. The highest BCUT2D eigenvalue weighted by Crippen LogP contribution is 2.30. The van der Waals surface area contributed by atoms with Crippen LogP contribution in [-0.4, -0.2) is 0 Å². The van der Waals surface area contributed by atoms with E-state index in [0.717, 1.165) is 26.8 Å². The molecular weight excluding hydrogens is 427 g/mol. The predicted molar refractivity (Wildman–Crippen MR) is 84.0 cm³/mol. The molecule has 0 aliphatic rings. The highest BCUT2D eigenvalue weighted by atomic mass is 127. The van der Waals surface area contributed by atoms with Crippen molar-refractivity contribution >= 4 is 38.5 Å². The largest absolute Gasteiger partial charge is 0.320 e. The fourth-order valence-electron chi connectivity index (χ4n) is 1.85. The minimum atomic E-state index is -0.686. The second-order valence-electron chi connectivity index (χ2n) is 4.24. The van der Waals surface area contributed by atoms with E-state index in [1.54, 1.807) is 0 Å². The van der Waals surface area contributed by atoms with Crippen LogP contribution in [0.4, 0.5) is 8.78 Å². The number of rotatable bonds is 2. The second kappa shape index (κ2) is 5.85. The van der Waals surface area contributed by atoms with Crippen LogP contribution in [0.3, 0.4) is 0 Å². The third-order valence-corrected chi connectivity index (χ3v) is 5.01. The lowest BCUT2D eigenvalue weighted by atomic mass is 9.97. The minimum absolute atomic E-state index is 0.0971. The Balaban J connectivity index is 2.53. The Morgan fingerprint density at radius 1 is 1.16 bits per heavy atom. The van der Waals surface area contributed by atoms with Gasteiger partial charge in [-0.2, -0.15) is 0 Å². The molecular formula is C14H11BrF2IN. The standard InChI is InChI=1S/C14H11BrF2IN/c1-7-3-2-4-8(13(7)18)14(19)9-5-12(17)10(15)6-11(9)16/h2-6,14H,19H2,1H3. The van der Waals surface area contributed by atoms with Gasteiger partial charge < -0.3 is 5.73 Å². The molecule has 0 bridgehead atoms. The van der Waals surface area contributed by atoms with E-state index in [1.807, 2.05) is 25.1 Å². The maximum atomic E-state index is 13.9. The normalized spacial score (nSPS) is 12.5. The average molecular weight is 438 g/mol. The smallest absolute Gasteiger partial charge is 0.137 e. The van der Waals surface area contributed by atoms with E-state index in [4.69, 9.17) is 5.73 Å². The summed E-state index contributed by atoms with van der Waals surface area (Å²) in [5.74, 6) is -1.03. The summed E-state index contributed by atoms with van der Waals surface area (Å²) < 4.78 is 28.5. The fourth-order valence-corrected chi connectivity index (χ4v) is 2.86. The molecule has 0 fully saturated rings. The Morgan fingerprint density at radius 2 is 1.84 bits per heavy atom. The van der Waals surface area contributed by atoms with Crippen molar-refractivity contribution in [3.8, 4) is 0 Å². The molecule has 1 nitrogen and oxygen atoms in total. The van der Waals surface area contributed by atoms with E-state index >= 15 is 0 Å². The van der Waals surface area contributed by atoms with Gasteiger partial charge in [-0.25, -0.2) is 8.78 Å². The summed E-state index contributed by atoms with van der Waals surface area (Å²) in [5, 5.41) is 0. The van der Waals surface area contributed by atoms with Gasteiger partial charge in [-0.1, -0.05) is 18.2 Å². The van der Waals surface area contributed by atoms with Crippen molar-refractivity contribution in [3.63, 3.8) is 0 Å². The Labute approximate surface area is 132 Å². The average Bonchev–Trinajstić information content (AvgIpc) is 2.36. The van der Waals surface area contributed by atoms with Gasteiger partial charge in [0.15, 0.2) is 0 Å². The lowest BCUT2D eigenvalue weighted by molar-refractivity contribution is 0.572. The summed E-state index contributed by atoms with van der Waals surface area (Å²) in [6.07, 6.45) is 0. The topological polar surface area (TPSA) is 26.0 Å². The number of nitrogens with two attached hydrogens (primary N) is 1. The molecule has 0 aliphatic carbocycles. The third kappa shape index (κ3) is 2.98. The zero-order valence-electron chi connectivity index (χ0n) is 10.1. The molecule has 2 aromatic rings. The van der Waals surface area contributed by atoms with Gasteiger partial charge in [0.2, 0.25) is 0 Å². The number of aryl methyl sites for hydroxylation is 1. The first-order chi connectivity index (χ1) is 8.91. The summed E-state index contributed by atoms with van der Waals surface area (Å²) in [7, 11) is 0. The molecule has 1 atom stereocenters. The maximum absolute atomic E-state index is 13.9. The third-order valence-electron chi connectivity index (χ3n) is 2.93. The van der Waals surface area contributed by atoms with Gasteiger partial charge in [-0.15, -0.1) is 0 Å². The van der Waals surface area contributed by atoms with Crippen molar-refractivity contribution in [2.24, 2.45) is 5.73 Å². The molecule has 0 aliphatic heterocycles. The second-order valence-corrected chi connectivity index (χ2v) is 6.18. The first kappa shape index (κ1) is 14.9. The van der Waals surface area contributed by atoms with Gasteiger partial charge in [0, 0.05) is 9.13 Å². The lowest BCUT2D eigenvalue weighted by Gasteiger charge is -2.17. The summed E-state index contributed by atoms with van der Waals surface area (Å²) >= 11 is 5.12. The molecule has 2 aromatic carbocycles. The van der Waals surface area contributed by atoms with Crippen molar-refractivity contribution in [3.05, 3.63) is 66.7 Å². The Bertz CT molecular complexity index is 631. The molecule has 0 aromatic heterocycles. The summed E-state index contributed by atoms with van der Waals surface area (Å²) in [6.45, 7) is 1.95. The monoisotopic (exact) mass is 437 g/mol. The van der Waals surface area contributed by atoms with Gasteiger partial charge in [0.05, 0.1) is 10.5 Å². The van der Waals surface area contributed by atoms with Crippen LogP contribution in [0, 0.1) is 22.1 Å². The van der Waals surface area contributed by atoms with Crippen LogP contribution in [-0.2, 0) is 0 Å². The number of hydrogen-bond acceptors (Lipinski definition) is 1. The highest BCUT2D eigenvalue weighted by Gasteiger charge is 2.19. The van der Waals surface area contributed by atoms with E-state index < -0.39 is 17.7 Å². The predicted octanol–water partition coefficient (Wildman–Crippen LogP) is 4.69. The van der Waals surface area contributed by atoms with Crippen LogP contribution in [0.15, 0.2) is 34.8 Å². The zero-order chi connectivity index (χ0) is 14.2. The lowest BCUT2D eigenvalue weighted by Crippen LogP contribution is -2.16. The van der Waals surface area contributed by atoms with Crippen LogP contribution in [0.2, 0.25) is 0 Å². The Hall–Kier alpha value is -0.530. The van der Waals surface area contributed by atoms with E-state index in [1.165, 1.54) is 0 Å². The first-order valence-corrected chi connectivity index (χ1v) is 7.44. The number of halogens is 4. The maximum Gasteiger partial charge on any atom is 0.137 e. The van der Waals surface area contributed by atoms with E-state index in [9.17, 15) is 8.78 Å². The van der Waals surface area contributed by atoms with E-state index in [-0.39, 0.29) is 10.0 Å². The number of benzene rings is 2. The molecule has 19 heavy (non-hydrogen) atoms. The van der Waals surface area contributed by atoms with Crippen molar-refractivity contribution in [1.29, 1.82) is 0 Å². The van der Waals surface area contributed by atoms with Crippen LogP contribution < -0.4 is 5.73 Å².